The van der Waals surface area contributed by atoms with Crippen LogP contribution in [0.15, 0.2) is 0 Å². The van der Waals surface area contributed by atoms with Crippen LogP contribution in [0.3, 0.4) is 0 Å². The van der Waals surface area contributed by atoms with Crippen LogP contribution < -0.4 is 0 Å². The van der Waals surface area contributed by atoms with Crippen molar-refractivity contribution in [3.8, 4) is 0 Å². The Morgan fingerprint density at radius 2 is 1.55 bits per heavy atom. The number of fused-ring (bicyclic) bond motifs is 4. The van der Waals surface area contributed by atoms with Gasteiger partial charge in [0, 0.05) is 0 Å². The molecule has 0 heterocycles. The smallest absolute Gasteiger partial charge is 0.0604 e. The van der Waals surface area contributed by atoms with Gasteiger partial charge < -0.3 is 5.11 Å². The molecule has 0 aliphatic heterocycles. The molecule has 0 spiro atoms. The van der Waals surface area contributed by atoms with Crippen LogP contribution in [0.4, 0.5) is 0 Å². The summed E-state index contributed by atoms with van der Waals surface area (Å²) in [5.41, 5.74) is 0. The topological polar surface area (TPSA) is 20.2 Å². The maximum atomic E-state index is 9.91. The molecule has 7 atom stereocenters. The van der Waals surface area contributed by atoms with E-state index in [2.05, 4.69) is 0 Å². The summed E-state index contributed by atoms with van der Waals surface area (Å²) in [6, 6.07) is 0. The van der Waals surface area contributed by atoms with Crippen LogP contribution in [0.1, 0.15) is 19.3 Å². The number of hydrogen-bond donors (Lipinski definition) is 1. The third-order valence-corrected chi connectivity index (χ3v) is 5.22. The fourth-order valence-electron chi connectivity index (χ4n) is 5.11. The molecule has 0 saturated heterocycles. The Kier molecular flexibility index (Phi) is 0.706. The molecule has 4 unspecified atom stereocenters. The van der Waals surface area contributed by atoms with Gasteiger partial charge in [-0.25, -0.2) is 0 Å². The summed E-state index contributed by atoms with van der Waals surface area (Å²) < 4.78 is 0. The van der Waals surface area contributed by atoms with Crippen molar-refractivity contribution < 1.29 is 5.11 Å². The van der Waals surface area contributed by atoms with Gasteiger partial charge in [0.25, 0.3) is 0 Å². The lowest BCUT2D eigenvalue weighted by molar-refractivity contribution is -0.0176. The van der Waals surface area contributed by atoms with Crippen LogP contribution in [0.5, 0.6) is 0 Å². The Hall–Kier alpha value is -0.0400. The van der Waals surface area contributed by atoms with Gasteiger partial charge in [-0.1, -0.05) is 0 Å². The number of aliphatic hydroxyl groups excluding tert-OH is 1. The Bertz CT molecular complexity index is 219. The van der Waals surface area contributed by atoms with Gasteiger partial charge in [-0.3, -0.25) is 0 Å². The zero-order valence-electron chi connectivity index (χ0n) is 6.61. The summed E-state index contributed by atoms with van der Waals surface area (Å²) in [5, 5.41) is 9.91. The first kappa shape index (κ1) is 5.58. The summed E-state index contributed by atoms with van der Waals surface area (Å²) in [5.74, 6) is 5.45. The van der Waals surface area contributed by atoms with Crippen molar-refractivity contribution in [3.05, 3.63) is 0 Å². The van der Waals surface area contributed by atoms with E-state index in [9.17, 15) is 5.11 Å². The molecule has 0 radical (unpaired) electrons. The first-order valence-corrected chi connectivity index (χ1v) is 5.04. The second kappa shape index (κ2) is 1.39. The SMILES string of the molecule is O[C@@H]1C2C3CC4C(C3)[C@@H]1C[C@@H]42. The highest BCUT2D eigenvalue weighted by Crippen LogP contribution is 2.72. The van der Waals surface area contributed by atoms with Gasteiger partial charge in [0.1, 0.15) is 0 Å². The maximum absolute atomic E-state index is 9.91. The van der Waals surface area contributed by atoms with Gasteiger partial charge in [-0.15, -0.1) is 0 Å². The summed E-state index contributed by atoms with van der Waals surface area (Å²) in [6.45, 7) is 0. The van der Waals surface area contributed by atoms with Gasteiger partial charge in [-0.2, -0.15) is 0 Å². The van der Waals surface area contributed by atoms with Crippen molar-refractivity contribution in [3.63, 3.8) is 0 Å². The first-order chi connectivity index (χ1) is 5.36. The molecule has 4 fully saturated rings. The maximum Gasteiger partial charge on any atom is 0.0604 e. The van der Waals surface area contributed by atoms with E-state index < -0.39 is 0 Å². The minimum absolute atomic E-state index is 0.127. The van der Waals surface area contributed by atoms with Crippen LogP contribution in [0.25, 0.3) is 0 Å². The van der Waals surface area contributed by atoms with Gasteiger partial charge in [0.05, 0.1) is 6.10 Å². The van der Waals surface area contributed by atoms with Crippen molar-refractivity contribution in [1.29, 1.82) is 0 Å². The molecule has 4 rings (SSSR count). The van der Waals surface area contributed by atoms with Crippen LogP contribution in [0, 0.1) is 35.5 Å². The van der Waals surface area contributed by atoms with Crippen LogP contribution in [0.2, 0.25) is 0 Å². The number of aliphatic hydroxyl groups is 1. The van der Waals surface area contributed by atoms with Gasteiger partial charge in [0.2, 0.25) is 0 Å². The Morgan fingerprint density at radius 1 is 0.818 bits per heavy atom. The second-order valence-corrected chi connectivity index (χ2v) is 5.19. The minimum Gasteiger partial charge on any atom is -0.393 e. The van der Waals surface area contributed by atoms with Crippen LogP contribution >= 0.6 is 0 Å². The summed E-state index contributed by atoms with van der Waals surface area (Å²) in [7, 11) is 0. The van der Waals surface area contributed by atoms with E-state index in [1.165, 1.54) is 19.3 Å². The highest BCUT2D eigenvalue weighted by molar-refractivity contribution is 5.17. The van der Waals surface area contributed by atoms with E-state index >= 15 is 0 Å². The highest BCUT2D eigenvalue weighted by Gasteiger charge is 2.68. The van der Waals surface area contributed by atoms with Crippen LogP contribution in [-0.2, 0) is 0 Å². The van der Waals surface area contributed by atoms with Crippen molar-refractivity contribution in [2.45, 2.75) is 25.4 Å². The molecule has 1 nitrogen and oxygen atoms in total. The monoisotopic (exact) mass is 150 g/mol. The average Bonchev–Trinajstić information content (AvgIpc) is 2.53. The fraction of sp³-hybridized carbons (Fsp3) is 1.00. The van der Waals surface area contributed by atoms with E-state index in [1.807, 2.05) is 0 Å². The lowest BCUT2D eigenvalue weighted by Gasteiger charge is -2.38. The quantitative estimate of drug-likeness (QED) is 0.551. The largest absolute Gasteiger partial charge is 0.393 e. The summed E-state index contributed by atoms with van der Waals surface area (Å²) >= 11 is 0. The normalized spacial score (nSPS) is 75.5. The summed E-state index contributed by atoms with van der Waals surface area (Å²) in [4.78, 5) is 0. The molecule has 0 aromatic carbocycles. The van der Waals surface area contributed by atoms with E-state index in [0.717, 1.165) is 35.5 Å². The van der Waals surface area contributed by atoms with Crippen molar-refractivity contribution in [2.75, 3.05) is 0 Å². The lowest BCUT2D eigenvalue weighted by atomic mass is 9.69. The number of hydrogen-bond acceptors (Lipinski definition) is 1. The summed E-state index contributed by atoms with van der Waals surface area (Å²) in [6.07, 6.45) is 4.47. The number of rotatable bonds is 0. The molecule has 1 heteroatoms. The lowest BCUT2D eigenvalue weighted by Crippen LogP contribution is -2.39. The van der Waals surface area contributed by atoms with Crippen molar-refractivity contribution in [2.24, 2.45) is 35.5 Å². The molecular formula is C10H14O. The zero-order chi connectivity index (χ0) is 7.16. The van der Waals surface area contributed by atoms with E-state index in [1.54, 1.807) is 0 Å². The molecule has 60 valence electrons. The Morgan fingerprint density at radius 3 is 2.18 bits per heavy atom. The van der Waals surface area contributed by atoms with Gasteiger partial charge in [-0.05, 0) is 54.8 Å². The Balaban J connectivity index is 1.94. The molecular weight excluding hydrogens is 136 g/mol. The predicted octanol–water partition coefficient (Wildman–Crippen LogP) is 1.27. The first-order valence-electron chi connectivity index (χ1n) is 5.04. The molecule has 0 aromatic rings. The van der Waals surface area contributed by atoms with E-state index in [-0.39, 0.29) is 6.10 Å². The standard InChI is InChI=1S/C10H14O/c11-10-8-3-7-5-1-4(9(7)10)2-6(5)8/h4-11H,1-3H2/t4?,5?,6?,7-,8-,9?,10-/m0/s1. The van der Waals surface area contributed by atoms with Crippen molar-refractivity contribution >= 4 is 0 Å². The molecule has 1 N–H and O–H groups in total. The third-order valence-electron chi connectivity index (χ3n) is 5.22. The molecule has 4 saturated carbocycles. The molecule has 0 aromatic heterocycles. The fourth-order valence-corrected chi connectivity index (χ4v) is 5.11. The Labute approximate surface area is 66.8 Å². The third kappa shape index (κ3) is 0.395. The van der Waals surface area contributed by atoms with Gasteiger partial charge in [0.15, 0.2) is 0 Å². The predicted molar refractivity (Wildman–Crippen MR) is 40.8 cm³/mol. The van der Waals surface area contributed by atoms with E-state index in [4.69, 9.17) is 0 Å². The average molecular weight is 150 g/mol. The second-order valence-electron chi connectivity index (χ2n) is 5.19. The highest BCUT2D eigenvalue weighted by atomic mass is 16.3. The van der Waals surface area contributed by atoms with Crippen LogP contribution in [-0.4, -0.2) is 11.2 Å². The molecule has 0 amide bonds. The molecule has 11 heavy (non-hydrogen) atoms. The molecule has 4 aliphatic carbocycles. The van der Waals surface area contributed by atoms with E-state index in [0.29, 0.717) is 0 Å². The zero-order valence-corrected chi connectivity index (χ0v) is 6.61. The minimum atomic E-state index is 0.127. The molecule has 4 aliphatic rings. The molecule has 4 bridgehead atoms. The van der Waals surface area contributed by atoms with Gasteiger partial charge >= 0.3 is 0 Å². The van der Waals surface area contributed by atoms with Crippen molar-refractivity contribution in [1.82, 2.24) is 0 Å².